The number of ether oxygens (including phenoxy) is 1. The highest BCUT2D eigenvalue weighted by Crippen LogP contribution is 2.74. The Hall–Kier alpha value is -1.90. The van der Waals surface area contributed by atoms with Crippen molar-refractivity contribution in [2.45, 2.75) is 131 Å². The summed E-state index contributed by atoms with van der Waals surface area (Å²) in [6, 6.07) is 0. The maximum atomic E-state index is 14.3. The minimum absolute atomic E-state index is 0.00890. The molecule has 4 rings (SSSR count). The highest BCUT2D eigenvalue weighted by molar-refractivity contribution is 5.95. The highest BCUT2D eigenvalue weighted by Gasteiger charge is 2.74. The molecule has 0 amide bonds. The molecule has 3 fully saturated rings. The average Bonchev–Trinajstić information content (AvgIpc) is 3.06. The Kier molecular flexibility index (Phi) is 7.67. The van der Waals surface area contributed by atoms with Gasteiger partial charge in [-0.2, -0.15) is 0 Å². The van der Waals surface area contributed by atoms with Crippen LogP contribution in [-0.4, -0.2) is 62.0 Å². The van der Waals surface area contributed by atoms with Gasteiger partial charge in [-0.25, -0.2) is 0 Å². The first-order valence-electron chi connectivity index (χ1n) is 15.2. The second-order valence-electron chi connectivity index (χ2n) is 15.4. The van der Waals surface area contributed by atoms with Crippen molar-refractivity contribution < 1.29 is 39.2 Å². The molecule has 4 aliphatic rings. The molecular weight excluding hydrogens is 524 g/mol. The number of hydrogen-bond donors (Lipinski definition) is 3. The maximum Gasteiger partial charge on any atom is 0.306 e. The van der Waals surface area contributed by atoms with Crippen LogP contribution in [0.1, 0.15) is 107 Å². The van der Waals surface area contributed by atoms with Gasteiger partial charge in [0.1, 0.15) is 23.1 Å². The number of aliphatic hydroxyl groups is 3. The largest absolute Gasteiger partial charge is 0.460 e. The summed E-state index contributed by atoms with van der Waals surface area (Å²) in [5.41, 5.74) is -5.08. The molecule has 9 atom stereocenters. The van der Waals surface area contributed by atoms with Crippen LogP contribution in [-0.2, 0) is 23.9 Å². The number of carbonyl (C=O) groups excluding carboxylic acids is 4. The van der Waals surface area contributed by atoms with Crippen molar-refractivity contribution in [3.05, 3.63) is 11.6 Å². The molecule has 8 nitrogen and oxygen atoms in total. The Bertz CT molecular complexity index is 1180. The molecule has 8 heteroatoms. The molecule has 0 unspecified atom stereocenters. The zero-order valence-corrected chi connectivity index (χ0v) is 26.3. The molecule has 4 aliphatic carbocycles. The first kappa shape index (κ1) is 32.0. The molecule has 3 N–H and O–H groups in total. The molecular formula is C33H50O8. The fourth-order valence-electron chi connectivity index (χ4n) is 9.67. The first-order chi connectivity index (χ1) is 18.6. The van der Waals surface area contributed by atoms with Crippen LogP contribution in [0.5, 0.6) is 0 Å². The minimum atomic E-state index is -1.91. The number of hydrogen-bond acceptors (Lipinski definition) is 8. The van der Waals surface area contributed by atoms with E-state index in [0.29, 0.717) is 12.8 Å². The van der Waals surface area contributed by atoms with Crippen molar-refractivity contribution in [2.24, 2.45) is 39.4 Å². The number of rotatable bonds is 7. The van der Waals surface area contributed by atoms with Crippen LogP contribution in [0.25, 0.3) is 0 Å². The molecule has 230 valence electrons. The van der Waals surface area contributed by atoms with Crippen molar-refractivity contribution in [2.75, 3.05) is 0 Å². The zero-order chi connectivity index (χ0) is 31.1. The van der Waals surface area contributed by atoms with E-state index in [1.165, 1.54) is 6.92 Å². The summed E-state index contributed by atoms with van der Waals surface area (Å²) >= 11 is 0. The van der Waals surface area contributed by atoms with Gasteiger partial charge >= 0.3 is 5.97 Å². The number of allylic oxidation sites excluding steroid dienone is 2. The fraction of sp³-hybridized carbons (Fsp3) is 0.818. The van der Waals surface area contributed by atoms with Gasteiger partial charge in [-0.3, -0.25) is 19.2 Å². The molecule has 41 heavy (non-hydrogen) atoms. The third-order valence-electron chi connectivity index (χ3n) is 12.2. The van der Waals surface area contributed by atoms with Gasteiger partial charge in [0.2, 0.25) is 0 Å². The van der Waals surface area contributed by atoms with Crippen molar-refractivity contribution in [1.82, 2.24) is 0 Å². The van der Waals surface area contributed by atoms with E-state index < -0.39 is 56.8 Å². The molecule has 3 saturated carbocycles. The topological polar surface area (TPSA) is 138 Å². The van der Waals surface area contributed by atoms with Crippen LogP contribution in [0.4, 0.5) is 0 Å². The molecule has 0 heterocycles. The molecule has 0 saturated heterocycles. The summed E-state index contributed by atoms with van der Waals surface area (Å²) in [4.78, 5) is 52.7. The zero-order valence-electron chi connectivity index (χ0n) is 26.3. The second kappa shape index (κ2) is 9.81. The lowest BCUT2D eigenvalue weighted by molar-refractivity contribution is -0.185. The van der Waals surface area contributed by atoms with Gasteiger partial charge in [0.15, 0.2) is 11.6 Å². The van der Waals surface area contributed by atoms with E-state index in [0.717, 1.165) is 5.57 Å². The number of carbonyl (C=O) groups is 4. The first-order valence-corrected chi connectivity index (χ1v) is 15.2. The number of Topliss-reactive ketones (excluding diaryl/α,β-unsaturated/α-hetero) is 3. The van der Waals surface area contributed by atoms with E-state index >= 15 is 0 Å². The third-order valence-corrected chi connectivity index (χ3v) is 12.2. The predicted octanol–water partition coefficient (Wildman–Crippen LogP) is 4.11. The standard InChI is InChI=1S/C33H50O8/c1-10-25(38)41-28(2,3)14-13-23(36)33(9,40)26-21(35)16-30(6)22-12-11-18-19(15-20(34)27(39)29(18,4)5)32(22,8)24(37)17-31(26,30)7/h11,19-22,26,34-35,40H,10,12-17H2,1-9H3/t19-,20+,21-,22+,26+,30+,31-,32+,33+/m1/s1. The number of aliphatic hydroxyl groups excluding tert-OH is 2. The van der Waals surface area contributed by atoms with Crippen molar-refractivity contribution in [1.29, 1.82) is 0 Å². The van der Waals surface area contributed by atoms with Gasteiger partial charge in [-0.15, -0.1) is 0 Å². The monoisotopic (exact) mass is 574 g/mol. The van der Waals surface area contributed by atoms with Gasteiger partial charge in [-0.1, -0.05) is 39.3 Å². The molecule has 0 spiro atoms. The third kappa shape index (κ3) is 4.50. The van der Waals surface area contributed by atoms with Crippen LogP contribution >= 0.6 is 0 Å². The Morgan fingerprint density at radius 2 is 1.66 bits per heavy atom. The van der Waals surface area contributed by atoms with Crippen LogP contribution in [0.2, 0.25) is 0 Å². The van der Waals surface area contributed by atoms with Gasteiger partial charge in [0.05, 0.1) is 6.10 Å². The van der Waals surface area contributed by atoms with E-state index in [-0.39, 0.29) is 61.5 Å². The van der Waals surface area contributed by atoms with Gasteiger partial charge < -0.3 is 20.1 Å². The van der Waals surface area contributed by atoms with E-state index in [2.05, 4.69) is 13.0 Å². The van der Waals surface area contributed by atoms with Crippen molar-refractivity contribution in [3.8, 4) is 0 Å². The summed E-state index contributed by atoms with van der Waals surface area (Å²) < 4.78 is 5.46. The summed E-state index contributed by atoms with van der Waals surface area (Å²) in [5, 5.41) is 34.2. The molecule has 0 aromatic carbocycles. The van der Waals surface area contributed by atoms with E-state index in [1.54, 1.807) is 20.8 Å². The highest BCUT2D eigenvalue weighted by atomic mass is 16.6. The molecule has 0 aromatic rings. The Morgan fingerprint density at radius 3 is 2.24 bits per heavy atom. The van der Waals surface area contributed by atoms with E-state index in [9.17, 15) is 34.5 Å². The lowest BCUT2D eigenvalue weighted by atomic mass is 9.38. The molecule has 0 bridgehead atoms. The quantitative estimate of drug-likeness (QED) is 0.305. The predicted molar refractivity (Wildman–Crippen MR) is 152 cm³/mol. The number of ketones is 3. The van der Waals surface area contributed by atoms with Crippen molar-refractivity contribution >= 4 is 23.3 Å². The average molecular weight is 575 g/mol. The maximum absolute atomic E-state index is 14.3. The lowest BCUT2D eigenvalue weighted by Gasteiger charge is -2.64. The van der Waals surface area contributed by atoms with Gasteiger partial charge in [0, 0.05) is 36.0 Å². The van der Waals surface area contributed by atoms with Gasteiger partial charge in [0.25, 0.3) is 0 Å². The van der Waals surface area contributed by atoms with E-state index in [4.69, 9.17) is 4.74 Å². The van der Waals surface area contributed by atoms with Crippen LogP contribution in [0, 0.1) is 39.4 Å². The molecule has 0 radical (unpaired) electrons. The Morgan fingerprint density at radius 1 is 1.05 bits per heavy atom. The fourth-order valence-corrected chi connectivity index (χ4v) is 9.67. The normalized spacial score (nSPS) is 41.5. The lowest BCUT2D eigenvalue weighted by Crippen LogP contribution is -2.65. The SMILES string of the molecule is CCC(=O)OC(C)(C)CCC(=O)[C@](C)(O)[C@H]1[C@H](O)C[C@@]2(C)[C@@H]3CC=C4[C@@H](C[C@H](O)C(=O)C4(C)C)[C@]3(C)C(=O)C[C@]12C. The van der Waals surface area contributed by atoms with Crippen LogP contribution < -0.4 is 0 Å². The Labute approximate surface area is 244 Å². The second-order valence-corrected chi connectivity index (χ2v) is 15.4. The van der Waals surface area contributed by atoms with Gasteiger partial charge in [-0.05, 0) is 83.0 Å². The summed E-state index contributed by atoms with van der Waals surface area (Å²) in [7, 11) is 0. The number of esters is 1. The summed E-state index contributed by atoms with van der Waals surface area (Å²) in [5.74, 6) is -2.42. The molecule has 0 aromatic heterocycles. The van der Waals surface area contributed by atoms with Crippen LogP contribution in [0.15, 0.2) is 11.6 Å². The summed E-state index contributed by atoms with van der Waals surface area (Å²) in [6.45, 7) is 16.2. The van der Waals surface area contributed by atoms with Crippen LogP contribution in [0.3, 0.4) is 0 Å². The van der Waals surface area contributed by atoms with E-state index in [1.807, 2.05) is 27.7 Å². The smallest absolute Gasteiger partial charge is 0.306 e. The van der Waals surface area contributed by atoms with Crippen molar-refractivity contribution in [3.63, 3.8) is 0 Å². The molecule has 0 aliphatic heterocycles. The summed E-state index contributed by atoms with van der Waals surface area (Å²) in [6.07, 6.45) is 1.46. The Balaban J connectivity index is 1.68. The number of fused-ring (bicyclic) bond motifs is 5. The minimum Gasteiger partial charge on any atom is -0.460 e.